The zero-order valence-corrected chi connectivity index (χ0v) is 14.0. The minimum atomic E-state index is -2.95. The summed E-state index contributed by atoms with van der Waals surface area (Å²) in [5.74, 6) is 0. The monoisotopic (exact) mass is 336 g/mol. The molecular formula is Ca2O8S4. The van der Waals surface area contributed by atoms with Crippen molar-refractivity contribution in [3.63, 3.8) is 0 Å². The third kappa shape index (κ3) is 24.3. The van der Waals surface area contributed by atoms with Gasteiger partial charge in [-0.15, -0.1) is 0 Å². The largest absolute Gasteiger partial charge is 2.00 e. The maximum absolute atomic E-state index is 9.09. The van der Waals surface area contributed by atoms with Gasteiger partial charge < -0.3 is 18.2 Å². The molecule has 0 aromatic heterocycles. The first kappa shape index (κ1) is 25.7. The molecule has 4 atom stereocenters. The van der Waals surface area contributed by atoms with Gasteiger partial charge in [-0.2, -0.15) is 0 Å². The summed E-state index contributed by atoms with van der Waals surface area (Å²) in [4.78, 5) is 0. The number of hydrogen-bond donors (Lipinski definition) is 0. The van der Waals surface area contributed by atoms with Gasteiger partial charge >= 0.3 is 75.5 Å². The predicted molar refractivity (Wildman–Crippen MR) is 47.2 cm³/mol. The van der Waals surface area contributed by atoms with Gasteiger partial charge in [-0.3, -0.25) is 16.8 Å². The minimum Gasteiger partial charge on any atom is -0.763 e. The molecule has 0 heterocycles. The predicted octanol–water partition coefficient (Wildman–Crippen LogP) is -3.44. The standard InChI is InChI=1S/2Ca.2H2O4S2/c;;2*1-5(2)6(3)4/h;;2*(H,1,2)(H,3,4)/q2*+2;;/p-4. The van der Waals surface area contributed by atoms with E-state index in [9.17, 15) is 0 Å². The van der Waals surface area contributed by atoms with Crippen LogP contribution in [-0.2, 0) is 40.4 Å². The van der Waals surface area contributed by atoms with Crippen molar-refractivity contribution in [3.8, 4) is 0 Å². The molecule has 0 aliphatic heterocycles. The molecule has 0 rings (SSSR count). The smallest absolute Gasteiger partial charge is 0.763 e. The molecule has 14 heteroatoms. The van der Waals surface area contributed by atoms with Crippen molar-refractivity contribution in [1.29, 1.82) is 0 Å². The Hall–Kier alpha value is 2.96. The zero-order chi connectivity index (χ0) is 10.3. The summed E-state index contributed by atoms with van der Waals surface area (Å²) in [7, 11) is -11.8. The summed E-state index contributed by atoms with van der Waals surface area (Å²) >= 11 is 0. The number of hydrogen-bond acceptors (Lipinski definition) is 8. The molecule has 0 bridgehead atoms. The number of rotatable bonds is 2. The van der Waals surface area contributed by atoms with Crippen LogP contribution in [0.15, 0.2) is 0 Å². The summed E-state index contributed by atoms with van der Waals surface area (Å²) in [6, 6.07) is 0. The van der Waals surface area contributed by atoms with Crippen LogP contribution in [0.25, 0.3) is 0 Å². The van der Waals surface area contributed by atoms with E-state index in [-0.39, 0.29) is 75.5 Å². The Bertz CT molecular complexity index is 175. The molecule has 4 unspecified atom stereocenters. The second-order valence-corrected chi connectivity index (χ2v) is 5.72. The average molecular weight is 336 g/mol. The van der Waals surface area contributed by atoms with E-state index < -0.39 is 40.4 Å². The van der Waals surface area contributed by atoms with Gasteiger partial charge in [0.15, 0.2) is 0 Å². The first-order valence-corrected chi connectivity index (χ1v) is 7.00. The van der Waals surface area contributed by atoms with Gasteiger partial charge in [-0.25, -0.2) is 0 Å². The van der Waals surface area contributed by atoms with E-state index >= 15 is 0 Å². The van der Waals surface area contributed by atoms with Crippen molar-refractivity contribution in [2.45, 2.75) is 0 Å². The fourth-order valence-electron chi connectivity index (χ4n) is 0. The molecule has 8 nitrogen and oxygen atoms in total. The molecule has 0 aliphatic rings. The first-order valence-electron chi connectivity index (χ1n) is 1.67. The first-order chi connectivity index (χ1) is 5.29. The van der Waals surface area contributed by atoms with E-state index in [0.717, 1.165) is 0 Å². The van der Waals surface area contributed by atoms with Gasteiger partial charge in [0.1, 0.15) is 0 Å². The molecule has 0 spiro atoms. The van der Waals surface area contributed by atoms with Crippen LogP contribution >= 0.6 is 0 Å². The summed E-state index contributed by atoms with van der Waals surface area (Å²) in [5.41, 5.74) is 0. The van der Waals surface area contributed by atoms with Crippen LogP contribution in [0.3, 0.4) is 0 Å². The molecule has 0 fully saturated rings. The molecule has 0 N–H and O–H groups in total. The third-order valence-corrected chi connectivity index (χ3v) is 2.00. The fourth-order valence-corrected chi connectivity index (χ4v) is 0. The Morgan fingerprint density at radius 1 is 0.500 bits per heavy atom. The molecule has 0 radical (unpaired) electrons. The van der Waals surface area contributed by atoms with Crippen molar-refractivity contribution >= 4 is 116 Å². The Balaban J connectivity index is -0.0000000625. The molecule has 0 aromatic rings. The van der Waals surface area contributed by atoms with Crippen LogP contribution in [-0.4, -0.2) is 111 Å². The molecule has 0 aliphatic carbocycles. The van der Waals surface area contributed by atoms with E-state index in [1.54, 1.807) is 0 Å². The van der Waals surface area contributed by atoms with Gasteiger partial charge in [0.25, 0.3) is 0 Å². The zero-order valence-electron chi connectivity index (χ0n) is 6.31. The molecule has 76 valence electrons. The summed E-state index contributed by atoms with van der Waals surface area (Å²) in [6.45, 7) is 0. The van der Waals surface area contributed by atoms with E-state index in [1.807, 2.05) is 0 Å². The van der Waals surface area contributed by atoms with Crippen LogP contribution in [0, 0.1) is 0 Å². The molecule has 0 saturated heterocycles. The SMILES string of the molecule is O=S([O-])S(=O)[O-].O=S([O-])S(=O)[O-].[Ca+2].[Ca+2]. The van der Waals surface area contributed by atoms with Gasteiger partial charge in [0.05, 0.1) is 0 Å². The summed E-state index contributed by atoms with van der Waals surface area (Å²) in [6.07, 6.45) is 0. The van der Waals surface area contributed by atoms with Crippen LogP contribution in [0.1, 0.15) is 0 Å². The summed E-state index contributed by atoms with van der Waals surface area (Å²) in [5, 5.41) is 0. The van der Waals surface area contributed by atoms with Crippen molar-refractivity contribution in [2.24, 2.45) is 0 Å². The summed E-state index contributed by atoms with van der Waals surface area (Å²) < 4.78 is 72.7. The Morgan fingerprint density at radius 3 is 0.571 bits per heavy atom. The molecular weight excluding hydrogens is 336 g/mol. The second-order valence-electron chi connectivity index (χ2n) is 0.816. The van der Waals surface area contributed by atoms with Crippen LogP contribution in [0.2, 0.25) is 0 Å². The van der Waals surface area contributed by atoms with Crippen LogP contribution < -0.4 is 0 Å². The maximum atomic E-state index is 9.09. The van der Waals surface area contributed by atoms with Crippen molar-refractivity contribution in [2.75, 3.05) is 0 Å². The van der Waals surface area contributed by atoms with Gasteiger partial charge in [0, 0.05) is 40.4 Å². The van der Waals surface area contributed by atoms with E-state index in [1.165, 1.54) is 0 Å². The Labute approximate surface area is 148 Å². The minimum absolute atomic E-state index is 0. The van der Waals surface area contributed by atoms with Gasteiger partial charge in [0.2, 0.25) is 0 Å². The Morgan fingerprint density at radius 2 is 0.571 bits per heavy atom. The fraction of sp³-hybridized carbons (Fsp3) is 0. The maximum Gasteiger partial charge on any atom is 2.00 e. The van der Waals surface area contributed by atoms with E-state index in [2.05, 4.69) is 0 Å². The van der Waals surface area contributed by atoms with E-state index in [4.69, 9.17) is 35.0 Å². The molecule has 0 aromatic carbocycles. The second kappa shape index (κ2) is 16.0. The van der Waals surface area contributed by atoms with Crippen LogP contribution in [0.4, 0.5) is 0 Å². The van der Waals surface area contributed by atoms with Gasteiger partial charge in [-0.1, -0.05) is 0 Å². The normalized spacial score (nSPS) is 16.9. The van der Waals surface area contributed by atoms with E-state index in [0.29, 0.717) is 0 Å². The molecule has 0 saturated carbocycles. The average Bonchev–Trinajstić information content (AvgIpc) is 1.88. The molecule has 14 heavy (non-hydrogen) atoms. The third-order valence-electron chi connectivity index (χ3n) is 0.222. The van der Waals surface area contributed by atoms with Crippen molar-refractivity contribution in [1.82, 2.24) is 0 Å². The van der Waals surface area contributed by atoms with Crippen molar-refractivity contribution < 1.29 is 35.0 Å². The quantitative estimate of drug-likeness (QED) is 0.286. The topological polar surface area (TPSA) is 161 Å². The van der Waals surface area contributed by atoms with Crippen LogP contribution in [0.5, 0.6) is 0 Å². The van der Waals surface area contributed by atoms with Gasteiger partial charge in [-0.05, 0) is 0 Å². The Kier molecular flexibility index (Phi) is 29.3. The molecule has 0 amide bonds. The van der Waals surface area contributed by atoms with Crippen molar-refractivity contribution in [3.05, 3.63) is 0 Å².